The molecule has 0 bridgehead atoms. The van der Waals surface area contributed by atoms with Crippen molar-refractivity contribution in [2.75, 3.05) is 11.3 Å². The summed E-state index contributed by atoms with van der Waals surface area (Å²) >= 11 is 0. The van der Waals surface area contributed by atoms with E-state index in [9.17, 15) is 18.0 Å². The van der Waals surface area contributed by atoms with E-state index in [-0.39, 0.29) is 16.4 Å². The van der Waals surface area contributed by atoms with Crippen molar-refractivity contribution < 1.29 is 18.0 Å². The molecule has 0 saturated carbocycles. The number of benzene rings is 2. The first kappa shape index (κ1) is 21.4. The lowest BCUT2D eigenvalue weighted by Gasteiger charge is -2.14. The number of carbonyl (C=O) groups excluding carboxylic acids is 2. The second-order valence-electron chi connectivity index (χ2n) is 6.48. The summed E-state index contributed by atoms with van der Waals surface area (Å²) in [7, 11) is -3.76. The highest BCUT2D eigenvalue weighted by Gasteiger charge is 2.18. The molecule has 7 nitrogen and oxygen atoms in total. The van der Waals surface area contributed by atoms with E-state index in [2.05, 4.69) is 15.4 Å². The molecular formula is C20H25N3O4S. The summed E-state index contributed by atoms with van der Waals surface area (Å²) in [5, 5.41) is 5.30. The average Bonchev–Trinajstić information content (AvgIpc) is 2.67. The van der Waals surface area contributed by atoms with Gasteiger partial charge in [0.2, 0.25) is 5.91 Å². The van der Waals surface area contributed by atoms with E-state index >= 15 is 0 Å². The summed E-state index contributed by atoms with van der Waals surface area (Å²) in [5.74, 6) is -0.716. The quantitative estimate of drug-likeness (QED) is 0.630. The van der Waals surface area contributed by atoms with Crippen LogP contribution in [0.5, 0.6) is 0 Å². The van der Waals surface area contributed by atoms with Crippen molar-refractivity contribution in [3.8, 4) is 0 Å². The van der Waals surface area contributed by atoms with Crippen LogP contribution in [-0.2, 0) is 14.8 Å². The smallest absolute Gasteiger partial charge is 0.261 e. The fourth-order valence-corrected chi connectivity index (χ4v) is 3.43. The Bertz CT molecular complexity index is 923. The number of hydrogen-bond donors (Lipinski definition) is 3. The van der Waals surface area contributed by atoms with E-state index in [0.29, 0.717) is 12.2 Å². The molecule has 2 amide bonds. The van der Waals surface area contributed by atoms with E-state index in [0.717, 1.165) is 12.0 Å². The van der Waals surface area contributed by atoms with Crippen molar-refractivity contribution >= 4 is 27.5 Å². The zero-order valence-corrected chi connectivity index (χ0v) is 17.0. The Kier molecular flexibility index (Phi) is 7.17. The van der Waals surface area contributed by atoms with Crippen LogP contribution in [0.25, 0.3) is 0 Å². The number of sulfonamides is 1. The highest BCUT2D eigenvalue weighted by Crippen LogP contribution is 2.17. The number of nitrogens with one attached hydrogen (secondary N) is 3. The van der Waals surface area contributed by atoms with Crippen LogP contribution in [0.3, 0.4) is 0 Å². The topological polar surface area (TPSA) is 104 Å². The first-order valence-electron chi connectivity index (χ1n) is 9.01. The lowest BCUT2D eigenvalue weighted by atomic mass is 10.2. The molecule has 3 N–H and O–H groups in total. The van der Waals surface area contributed by atoms with Crippen molar-refractivity contribution in [2.45, 2.75) is 38.1 Å². The minimum atomic E-state index is -3.76. The summed E-state index contributed by atoms with van der Waals surface area (Å²) in [6, 6.07) is 11.8. The predicted molar refractivity (Wildman–Crippen MR) is 109 cm³/mol. The molecule has 0 spiro atoms. The van der Waals surface area contributed by atoms with E-state index in [4.69, 9.17) is 0 Å². The third-order valence-electron chi connectivity index (χ3n) is 4.02. The fraction of sp³-hybridized carbons (Fsp3) is 0.300. The van der Waals surface area contributed by atoms with Crippen LogP contribution >= 0.6 is 0 Å². The van der Waals surface area contributed by atoms with Gasteiger partial charge in [-0.2, -0.15) is 0 Å². The summed E-state index contributed by atoms with van der Waals surface area (Å²) < 4.78 is 27.4. The molecular weight excluding hydrogens is 378 g/mol. The van der Waals surface area contributed by atoms with Gasteiger partial charge in [0, 0.05) is 17.8 Å². The first-order chi connectivity index (χ1) is 13.2. The minimum Gasteiger partial charge on any atom is -0.354 e. The van der Waals surface area contributed by atoms with Crippen LogP contribution < -0.4 is 15.4 Å². The third-order valence-corrected chi connectivity index (χ3v) is 5.42. The summed E-state index contributed by atoms with van der Waals surface area (Å²) in [4.78, 5) is 24.1. The molecule has 8 heteroatoms. The van der Waals surface area contributed by atoms with Gasteiger partial charge in [-0.3, -0.25) is 14.3 Å². The lowest BCUT2D eigenvalue weighted by Crippen LogP contribution is -2.45. The van der Waals surface area contributed by atoms with Gasteiger partial charge in [-0.25, -0.2) is 8.42 Å². The number of carbonyl (C=O) groups is 2. The molecule has 0 unspecified atom stereocenters. The molecule has 0 aliphatic heterocycles. The Morgan fingerprint density at radius 1 is 1.00 bits per heavy atom. The molecule has 0 fully saturated rings. The molecule has 0 aliphatic carbocycles. The zero-order chi connectivity index (χ0) is 20.7. The molecule has 150 valence electrons. The SMILES string of the molecule is CCCNC(=O)[C@H](C)NC(=O)c1ccc(S(=O)(=O)Nc2ccc(C)cc2)cc1. The second-order valence-corrected chi connectivity index (χ2v) is 8.16. The molecule has 0 heterocycles. The Balaban J connectivity index is 2.04. The van der Waals surface area contributed by atoms with Gasteiger partial charge < -0.3 is 10.6 Å². The van der Waals surface area contributed by atoms with Gasteiger partial charge >= 0.3 is 0 Å². The molecule has 2 aromatic carbocycles. The number of anilines is 1. The average molecular weight is 404 g/mol. The molecule has 0 aliphatic rings. The maximum absolute atomic E-state index is 12.5. The number of rotatable bonds is 8. The summed E-state index contributed by atoms with van der Waals surface area (Å²) in [6.07, 6.45) is 0.805. The second kappa shape index (κ2) is 9.36. The predicted octanol–water partition coefficient (Wildman–Crippen LogP) is 2.44. The Hall–Kier alpha value is -2.87. The number of hydrogen-bond acceptors (Lipinski definition) is 4. The van der Waals surface area contributed by atoms with E-state index in [1.807, 2.05) is 26.0 Å². The van der Waals surface area contributed by atoms with Gasteiger partial charge in [-0.1, -0.05) is 24.6 Å². The largest absolute Gasteiger partial charge is 0.354 e. The van der Waals surface area contributed by atoms with Gasteiger partial charge in [0.1, 0.15) is 6.04 Å². The highest BCUT2D eigenvalue weighted by molar-refractivity contribution is 7.92. The van der Waals surface area contributed by atoms with Gasteiger partial charge in [0.25, 0.3) is 15.9 Å². The van der Waals surface area contributed by atoms with Crippen molar-refractivity contribution in [3.63, 3.8) is 0 Å². The maximum atomic E-state index is 12.5. The summed E-state index contributed by atoms with van der Waals surface area (Å²) in [6.45, 7) is 5.98. The van der Waals surface area contributed by atoms with Crippen LogP contribution in [0.4, 0.5) is 5.69 Å². The van der Waals surface area contributed by atoms with Crippen molar-refractivity contribution in [3.05, 3.63) is 59.7 Å². The molecule has 28 heavy (non-hydrogen) atoms. The Labute approximate surface area is 165 Å². The van der Waals surface area contributed by atoms with Crippen LogP contribution in [0, 0.1) is 6.92 Å². The minimum absolute atomic E-state index is 0.0402. The van der Waals surface area contributed by atoms with Crippen LogP contribution in [0.1, 0.15) is 36.2 Å². The van der Waals surface area contributed by atoms with Crippen LogP contribution in [0.2, 0.25) is 0 Å². The fourth-order valence-electron chi connectivity index (χ4n) is 2.37. The Morgan fingerprint density at radius 2 is 1.61 bits per heavy atom. The van der Waals surface area contributed by atoms with Gasteiger partial charge in [-0.15, -0.1) is 0 Å². The maximum Gasteiger partial charge on any atom is 0.261 e. The van der Waals surface area contributed by atoms with E-state index < -0.39 is 22.0 Å². The van der Waals surface area contributed by atoms with Crippen LogP contribution in [0.15, 0.2) is 53.4 Å². The first-order valence-corrected chi connectivity index (χ1v) is 10.5. The van der Waals surface area contributed by atoms with E-state index in [1.165, 1.54) is 24.3 Å². The zero-order valence-electron chi connectivity index (χ0n) is 16.2. The monoisotopic (exact) mass is 403 g/mol. The molecule has 0 aromatic heterocycles. The number of aryl methyl sites for hydroxylation is 1. The van der Waals surface area contributed by atoms with Crippen molar-refractivity contribution in [2.24, 2.45) is 0 Å². The third kappa shape index (κ3) is 5.82. The standard InChI is InChI=1S/C20H25N3O4S/c1-4-13-21-19(24)15(3)22-20(25)16-7-11-18(12-8-16)28(26,27)23-17-9-5-14(2)6-10-17/h5-12,15,23H,4,13H2,1-3H3,(H,21,24)(H,22,25)/t15-/m0/s1. The van der Waals surface area contributed by atoms with Gasteiger partial charge in [0.15, 0.2) is 0 Å². The van der Waals surface area contributed by atoms with Crippen LogP contribution in [-0.4, -0.2) is 32.8 Å². The van der Waals surface area contributed by atoms with Gasteiger partial charge in [0.05, 0.1) is 4.90 Å². The van der Waals surface area contributed by atoms with E-state index in [1.54, 1.807) is 19.1 Å². The number of amides is 2. The summed E-state index contributed by atoms with van der Waals surface area (Å²) in [5.41, 5.74) is 1.75. The molecule has 2 rings (SSSR count). The van der Waals surface area contributed by atoms with Gasteiger partial charge in [-0.05, 0) is 56.7 Å². The Morgan fingerprint density at radius 3 is 2.18 bits per heavy atom. The molecule has 0 radical (unpaired) electrons. The molecule has 2 aromatic rings. The van der Waals surface area contributed by atoms with Crippen molar-refractivity contribution in [1.82, 2.24) is 10.6 Å². The normalized spacial score (nSPS) is 12.1. The highest BCUT2D eigenvalue weighted by atomic mass is 32.2. The van der Waals surface area contributed by atoms with Crippen molar-refractivity contribution in [1.29, 1.82) is 0 Å². The lowest BCUT2D eigenvalue weighted by molar-refractivity contribution is -0.122. The molecule has 1 atom stereocenters. The molecule has 0 saturated heterocycles.